The number of hydrogen-bond acceptors (Lipinski definition) is 3. The van der Waals surface area contributed by atoms with Gasteiger partial charge >= 0.3 is 0 Å². The second kappa shape index (κ2) is 7.74. The van der Waals surface area contributed by atoms with E-state index in [2.05, 4.69) is 52.1 Å². The van der Waals surface area contributed by atoms with Crippen molar-refractivity contribution in [2.45, 2.75) is 26.2 Å². The van der Waals surface area contributed by atoms with E-state index in [0.29, 0.717) is 27.7 Å². The lowest BCUT2D eigenvalue weighted by atomic mass is 9.97. The maximum Gasteiger partial charge on any atom is 0.240 e. The van der Waals surface area contributed by atoms with Gasteiger partial charge in [-0.1, -0.05) is 60.1 Å². The topological polar surface area (TPSA) is 38.9 Å². The molecule has 3 rings (SSSR count). The molecule has 2 aromatic carbocycles. The van der Waals surface area contributed by atoms with Crippen molar-refractivity contribution in [3.63, 3.8) is 0 Å². The Morgan fingerprint density at radius 3 is 2.68 bits per heavy atom. The van der Waals surface area contributed by atoms with Gasteiger partial charge in [-0.25, -0.2) is 4.39 Å². The van der Waals surface area contributed by atoms with Crippen molar-refractivity contribution in [1.82, 2.24) is 10.2 Å². The Balaban J connectivity index is 1.76. The zero-order valence-corrected chi connectivity index (χ0v) is 15.6. The minimum atomic E-state index is -0.296. The van der Waals surface area contributed by atoms with Crippen LogP contribution in [0.15, 0.2) is 51.4 Å². The quantitative estimate of drug-likeness (QED) is 0.538. The van der Waals surface area contributed by atoms with Crippen molar-refractivity contribution in [3.05, 3.63) is 81.2 Å². The van der Waals surface area contributed by atoms with E-state index < -0.39 is 0 Å². The summed E-state index contributed by atoms with van der Waals surface area (Å²) in [6.45, 7) is 4.31. The fourth-order valence-corrected chi connectivity index (χ4v) is 2.92. The molecule has 128 valence electrons. The fraction of sp³-hybridized carbons (Fsp3) is 0.200. The highest BCUT2D eigenvalue weighted by atomic mass is 79.9. The van der Waals surface area contributed by atoms with Gasteiger partial charge in [0.2, 0.25) is 11.8 Å². The second-order valence-electron chi connectivity index (χ2n) is 6.06. The first-order chi connectivity index (χ1) is 12.0. The smallest absolute Gasteiger partial charge is 0.240 e. The van der Waals surface area contributed by atoms with Crippen molar-refractivity contribution in [1.29, 1.82) is 0 Å². The van der Waals surface area contributed by atoms with Crippen LogP contribution in [0, 0.1) is 5.82 Å². The van der Waals surface area contributed by atoms with Gasteiger partial charge in [-0.15, -0.1) is 10.2 Å². The standard InChI is InChI=1S/C20H18BrFN2O/c1-13(2)17-6-4-3-5-14(17)8-10-19-23-24-20(25-19)11-15-7-9-16(21)12-18(15)22/h3-10,12-13H,11H2,1-2H3/b10-8+. The molecule has 0 radical (unpaired) electrons. The Kier molecular flexibility index (Phi) is 5.43. The molecule has 0 saturated carbocycles. The highest BCUT2D eigenvalue weighted by Crippen LogP contribution is 2.22. The minimum absolute atomic E-state index is 0.266. The molecule has 3 nitrogen and oxygen atoms in total. The summed E-state index contributed by atoms with van der Waals surface area (Å²) in [6, 6.07) is 13.1. The van der Waals surface area contributed by atoms with Crippen LogP contribution in [0.25, 0.3) is 12.2 Å². The van der Waals surface area contributed by atoms with Crippen LogP contribution >= 0.6 is 15.9 Å². The van der Waals surface area contributed by atoms with Gasteiger partial charge in [0, 0.05) is 10.5 Å². The number of halogens is 2. The molecular formula is C20H18BrFN2O. The molecule has 0 bridgehead atoms. The van der Waals surface area contributed by atoms with Crippen molar-refractivity contribution >= 4 is 28.1 Å². The van der Waals surface area contributed by atoms with E-state index in [1.807, 2.05) is 18.2 Å². The van der Waals surface area contributed by atoms with E-state index in [0.717, 1.165) is 5.56 Å². The molecule has 0 spiro atoms. The lowest BCUT2D eigenvalue weighted by molar-refractivity contribution is 0.491. The summed E-state index contributed by atoms with van der Waals surface area (Å²) < 4.78 is 20.2. The number of benzene rings is 2. The van der Waals surface area contributed by atoms with Crippen LogP contribution in [0.4, 0.5) is 4.39 Å². The summed E-state index contributed by atoms with van der Waals surface area (Å²) in [6.07, 6.45) is 4.02. The summed E-state index contributed by atoms with van der Waals surface area (Å²) >= 11 is 3.24. The van der Waals surface area contributed by atoms with Crippen LogP contribution in [0.2, 0.25) is 0 Å². The molecule has 3 aromatic rings. The summed E-state index contributed by atoms with van der Waals surface area (Å²) in [5.74, 6) is 0.930. The zero-order valence-electron chi connectivity index (χ0n) is 14.0. The van der Waals surface area contributed by atoms with Gasteiger partial charge in [0.15, 0.2) is 0 Å². The van der Waals surface area contributed by atoms with Crippen LogP contribution < -0.4 is 0 Å². The highest BCUT2D eigenvalue weighted by Gasteiger charge is 2.10. The number of nitrogens with zero attached hydrogens (tertiary/aromatic N) is 2. The fourth-order valence-electron chi connectivity index (χ4n) is 2.58. The Hall–Kier alpha value is -2.27. The third-order valence-corrected chi connectivity index (χ3v) is 4.36. The SMILES string of the molecule is CC(C)c1ccccc1/C=C/c1nnc(Cc2ccc(Br)cc2F)o1. The molecule has 0 fully saturated rings. The number of rotatable bonds is 5. The lowest BCUT2D eigenvalue weighted by Gasteiger charge is -2.08. The molecule has 0 saturated heterocycles. The zero-order chi connectivity index (χ0) is 17.8. The molecule has 0 N–H and O–H groups in total. The first kappa shape index (κ1) is 17.5. The minimum Gasteiger partial charge on any atom is -0.421 e. The van der Waals surface area contributed by atoms with E-state index in [1.165, 1.54) is 11.6 Å². The van der Waals surface area contributed by atoms with Crippen molar-refractivity contribution < 1.29 is 8.81 Å². The van der Waals surface area contributed by atoms with Crippen molar-refractivity contribution in [2.75, 3.05) is 0 Å². The van der Waals surface area contributed by atoms with E-state index in [4.69, 9.17) is 4.42 Å². The van der Waals surface area contributed by atoms with Gasteiger partial charge < -0.3 is 4.42 Å². The molecule has 0 aliphatic carbocycles. The average Bonchev–Trinajstić information content (AvgIpc) is 3.03. The normalized spacial score (nSPS) is 11.6. The van der Waals surface area contributed by atoms with Gasteiger partial charge in [0.05, 0.1) is 6.42 Å². The molecule has 1 heterocycles. The van der Waals surface area contributed by atoms with Crippen LogP contribution in [-0.2, 0) is 6.42 Å². The molecule has 5 heteroatoms. The molecule has 1 aromatic heterocycles. The van der Waals surface area contributed by atoms with Crippen LogP contribution in [-0.4, -0.2) is 10.2 Å². The Morgan fingerprint density at radius 2 is 1.92 bits per heavy atom. The Bertz CT molecular complexity index is 902. The van der Waals surface area contributed by atoms with E-state index in [9.17, 15) is 4.39 Å². The van der Waals surface area contributed by atoms with Gasteiger partial charge in [0.1, 0.15) is 5.82 Å². The van der Waals surface area contributed by atoms with Crippen LogP contribution in [0.5, 0.6) is 0 Å². The first-order valence-electron chi connectivity index (χ1n) is 8.06. The van der Waals surface area contributed by atoms with Crippen molar-refractivity contribution in [3.8, 4) is 0 Å². The predicted molar refractivity (Wildman–Crippen MR) is 101 cm³/mol. The first-order valence-corrected chi connectivity index (χ1v) is 8.85. The number of aromatic nitrogens is 2. The van der Waals surface area contributed by atoms with Crippen LogP contribution in [0.1, 0.15) is 48.2 Å². The molecule has 25 heavy (non-hydrogen) atoms. The largest absolute Gasteiger partial charge is 0.421 e. The lowest BCUT2D eigenvalue weighted by Crippen LogP contribution is -1.92. The number of hydrogen-bond donors (Lipinski definition) is 0. The third kappa shape index (κ3) is 4.42. The summed E-state index contributed by atoms with van der Waals surface area (Å²) in [5.41, 5.74) is 2.90. The van der Waals surface area contributed by atoms with Gasteiger partial charge in [0.25, 0.3) is 0 Å². The maximum atomic E-state index is 13.9. The van der Waals surface area contributed by atoms with Gasteiger partial charge in [-0.3, -0.25) is 0 Å². The van der Waals surface area contributed by atoms with Gasteiger partial charge in [-0.05, 0) is 40.8 Å². The van der Waals surface area contributed by atoms with Crippen molar-refractivity contribution in [2.24, 2.45) is 0 Å². The molecule has 0 amide bonds. The van der Waals surface area contributed by atoms with E-state index >= 15 is 0 Å². The monoisotopic (exact) mass is 400 g/mol. The summed E-state index contributed by atoms with van der Waals surface area (Å²) in [4.78, 5) is 0. The molecule has 0 atom stereocenters. The van der Waals surface area contributed by atoms with Crippen LogP contribution in [0.3, 0.4) is 0 Å². The molecule has 0 aliphatic heterocycles. The molecule has 0 unspecified atom stereocenters. The molecular weight excluding hydrogens is 383 g/mol. The highest BCUT2D eigenvalue weighted by molar-refractivity contribution is 9.10. The van der Waals surface area contributed by atoms with Gasteiger partial charge in [-0.2, -0.15) is 0 Å². The summed E-state index contributed by atoms with van der Waals surface area (Å²) in [5, 5.41) is 8.01. The molecule has 0 aliphatic rings. The summed E-state index contributed by atoms with van der Waals surface area (Å²) in [7, 11) is 0. The average molecular weight is 401 g/mol. The Morgan fingerprint density at radius 1 is 1.12 bits per heavy atom. The Labute approximate surface area is 154 Å². The second-order valence-corrected chi connectivity index (χ2v) is 6.98. The maximum absolute atomic E-state index is 13.9. The van der Waals surface area contributed by atoms with E-state index in [-0.39, 0.29) is 12.2 Å². The van der Waals surface area contributed by atoms with E-state index in [1.54, 1.807) is 18.2 Å². The predicted octanol–water partition coefficient (Wildman–Crippen LogP) is 5.86. The third-order valence-electron chi connectivity index (χ3n) is 3.86.